The highest BCUT2D eigenvalue weighted by molar-refractivity contribution is 7.89. The first kappa shape index (κ1) is 23.6. The number of carbonyl (C=O) groups is 3. The van der Waals surface area contributed by atoms with Crippen molar-refractivity contribution in [2.75, 3.05) is 38.2 Å². The van der Waals surface area contributed by atoms with Crippen molar-refractivity contribution >= 4 is 33.6 Å². The van der Waals surface area contributed by atoms with E-state index in [1.54, 1.807) is 13.8 Å². The molecule has 0 bridgehead atoms. The van der Waals surface area contributed by atoms with Gasteiger partial charge in [0.25, 0.3) is 5.91 Å². The first-order valence-electron chi connectivity index (χ1n) is 9.31. The molecule has 1 heterocycles. The number of sulfonamides is 1. The van der Waals surface area contributed by atoms with Crippen LogP contribution in [0.4, 0.5) is 10.5 Å². The maximum absolute atomic E-state index is 12.6. The van der Waals surface area contributed by atoms with Crippen LogP contribution in [0.5, 0.6) is 0 Å². The summed E-state index contributed by atoms with van der Waals surface area (Å²) in [7, 11) is -3.63. The van der Waals surface area contributed by atoms with Crippen LogP contribution in [0.3, 0.4) is 0 Å². The molecule has 1 fully saturated rings. The van der Waals surface area contributed by atoms with Crippen LogP contribution >= 0.6 is 0 Å². The highest BCUT2D eigenvalue weighted by Crippen LogP contribution is 2.19. The Morgan fingerprint density at radius 1 is 1.17 bits per heavy atom. The summed E-state index contributed by atoms with van der Waals surface area (Å²) < 4.78 is 36.6. The summed E-state index contributed by atoms with van der Waals surface area (Å²) in [4.78, 5) is 35.1. The minimum Gasteiger partial charge on any atom is -0.454 e. The number of amides is 3. The van der Waals surface area contributed by atoms with E-state index in [4.69, 9.17) is 15.2 Å². The molecule has 0 aliphatic carbocycles. The number of rotatable bonds is 8. The number of nitrogens with two attached hydrogens (primary N) is 1. The molecular formula is C18H26N4O7S. The third kappa shape index (κ3) is 6.40. The lowest BCUT2D eigenvalue weighted by Crippen LogP contribution is -2.47. The first-order chi connectivity index (χ1) is 14.1. The molecule has 1 aliphatic heterocycles. The molecule has 1 saturated heterocycles. The predicted octanol–water partition coefficient (Wildman–Crippen LogP) is -0.118. The molecule has 166 valence electrons. The fourth-order valence-electron chi connectivity index (χ4n) is 2.72. The molecule has 2 rings (SSSR count). The second kappa shape index (κ2) is 10.4. The van der Waals surface area contributed by atoms with Crippen molar-refractivity contribution in [2.24, 2.45) is 11.7 Å². The SMILES string of the molecule is CC(C)[C@H](NC(N)=O)C(=O)OCC(=O)Nc1ccc(S(=O)(=O)N2CCOCC2)cc1. The minimum atomic E-state index is -3.63. The highest BCUT2D eigenvalue weighted by Gasteiger charge is 2.27. The van der Waals surface area contributed by atoms with Gasteiger partial charge in [-0.3, -0.25) is 4.79 Å². The minimum absolute atomic E-state index is 0.103. The van der Waals surface area contributed by atoms with Crippen molar-refractivity contribution in [3.63, 3.8) is 0 Å². The summed E-state index contributed by atoms with van der Waals surface area (Å²) in [6.07, 6.45) is 0. The van der Waals surface area contributed by atoms with Crippen LogP contribution in [0.15, 0.2) is 29.2 Å². The van der Waals surface area contributed by atoms with Gasteiger partial charge in [0.15, 0.2) is 6.61 Å². The van der Waals surface area contributed by atoms with E-state index in [1.807, 2.05) is 0 Å². The van der Waals surface area contributed by atoms with Gasteiger partial charge in [0.2, 0.25) is 10.0 Å². The molecule has 12 heteroatoms. The number of hydrogen-bond acceptors (Lipinski definition) is 7. The predicted molar refractivity (Wildman–Crippen MR) is 107 cm³/mol. The van der Waals surface area contributed by atoms with Crippen molar-refractivity contribution in [2.45, 2.75) is 24.8 Å². The van der Waals surface area contributed by atoms with Gasteiger partial charge in [0.05, 0.1) is 18.1 Å². The van der Waals surface area contributed by atoms with Gasteiger partial charge < -0.3 is 25.8 Å². The molecule has 4 N–H and O–H groups in total. The summed E-state index contributed by atoms with van der Waals surface area (Å²) in [6.45, 7) is 4.07. The lowest BCUT2D eigenvalue weighted by molar-refractivity contribution is -0.150. The van der Waals surface area contributed by atoms with Crippen LogP contribution in [0.25, 0.3) is 0 Å². The molecule has 11 nitrogen and oxygen atoms in total. The topological polar surface area (TPSA) is 157 Å². The highest BCUT2D eigenvalue weighted by atomic mass is 32.2. The quantitative estimate of drug-likeness (QED) is 0.474. The Balaban J connectivity index is 1.91. The van der Waals surface area contributed by atoms with Gasteiger partial charge in [0, 0.05) is 18.8 Å². The molecule has 0 aromatic heterocycles. The zero-order chi connectivity index (χ0) is 22.3. The summed E-state index contributed by atoms with van der Waals surface area (Å²) in [5, 5.41) is 4.77. The normalized spacial score (nSPS) is 16.0. The Morgan fingerprint density at radius 2 is 1.77 bits per heavy atom. The largest absolute Gasteiger partial charge is 0.454 e. The monoisotopic (exact) mass is 442 g/mol. The number of primary amides is 1. The fraction of sp³-hybridized carbons (Fsp3) is 0.500. The average Bonchev–Trinajstić information content (AvgIpc) is 2.71. The summed E-state index contributed by atoms with van der Waals surface area (Å²) in [5.41, 5.74) is 5.37. The van der Waals surface area contributed by atoms with E-state index in [0.717, 1.165) is 0 Å². The van der Waals surface area contributed by atoms with Crippen molar-refractivity contribution in [3.05, 3.63) is 24.3 Å². The van der Waals surface area contributed by atoms with E-state index in [2.05, 4.69) is 10.6 Å². The maximum atomic E-state index is 12.6. The second-order valence-electron chi connectivity index (χ2n) is 6.93. The van der Waals surface area contributed by atoms with Gasteiger partial charge >= 0.3 is 12.0 Å². The molecule has 0 unspecified atom stereocenters. The van der Waals surface area contributed by atoms with E-state index in [1.165, 1.54) is 28.6 Å². The van der Waals surface area contributed by atoms with Gasteiger partial charge in [-0.25, -0.2) is 18.0 Å². The molecular weight excluding hydrogens is 416 g/mol. The van der Waals surface area contributed by atoms with E-state index >= 15 is 0 Å². The lowest BCUT2D eigenvalue weighted by atomic mass is 10.1. The molecule has 0 saturated carbocycles. The van der Waals surface area contributed by atoms with E-state index < -0.39 is 40.6 Å². The van der Waals surface area contributed by atoms with Crippen LogP contribution in [0.1, 0.15) is 13.8 Å². The van der Waals surface area contributed by atoms with Crippen molar-refractivity contribution in [1.82, 2.24) is 9.62 Å². The number of esters is 1. The molecule has 1 aromatic rings. The number of ether oxygens (including phenoxy) is 2. The summed E-state index contributed by atoms with van der Waals surface area (Å²) >= 11 is 0. The van der Waals surface area contributed by atoms with Crippen LogP contribution < -0.4 is 16.4 Å². The van der Waals surface area contributed by atoms with Gasteiger partial charge in [-0.1, -0.05) is 13.8 Å². The van der Waals surface area contributed by atoms with Crippen LogP contribution in [0.2, 0.25) is 0 Å². The van der Waals surface area contributed by atoms with Crippen LogP contribution in [0, 0.1) is 5.92 Å². The molecule has 0 radical (unpaired) electrons. The number of hydrogen-bond donors (Lipinski definition) is 3. The second-order valence-corrected chi connectivity index (χ2v) is 8.86. The van der Waals surface area contributed by atoms with Gasteiger partial charge in [-0.05, 0) is 30.2 Å². The fourth-order valence-corrected chi connectivity index (χ4v) is 4.13. The van der Waals surface area contributed by atoms with E-state index in [-0.39, 0.29) is 23.9 Å². The number of benzene rings is 1. The molecule has 1 aliphatic rings. The van der Waals surface area contributed by atoms with Crippen molar-refractivity contribution in [1.29, 1.82) is 0 Å². The number of nitrogens with zero attached hydrogens (tertiary/aromatic N) is 1. The van der Waals surface area contributed by atoms with Crippen LogP contribution in [-0.2, 0) is 29.1 Å². The number of nitrogens with one attached hydrogen (secondary N) is 2. The number of carbonyl (C=O) groups excluding carboxylic acids is 3. The zero-order valence-electron chi connectivity index (χ0n) is 16.8. The molecule has 1 aromatic carbocycles. The Morgan fingerprint density at radius 3 is 2.30 bits per heavy atom. The number of urea groups is 1. The summed E-state index contributed by atoms with van der Waals surface area (Å²) in [5.74, 6) is -1.69. The van der Waals surface area contributed by atoms with Crippen molar-refractivity contribution in [3.8, 4) is 0 Å². The van der Waals surface area contributed by atoms with Crippen LogP contribution in [-0.4, -0.2) is 69.6 Å². The molecule has 0 spiro atoms. The summed E-state index contributed by atoms with van der Waals surface area (Å²) in [6, 6.07) is 3.81. The maximum Gasteiger partial charge on any atom is 0.329 e. The number of morpholine rings is 1. The Hall–Kier alpha value is -2.70. The van der Waals surface area contributed by atoms with Gasteiger partial charge in [0.1, 0.15) is 6.04 Å². The molecule has 30 heavy (non-hydrogen) atoms. The molecule has 3 amide bonds. The Kier molecular flexibility index (Phi) is 8.15. The Labute approximate surface area is 174 Å². The van der Waals surface area contributed by atoms with Gasteiger partial charge in [-0.15, -0.1) is 0 Å². The van der Waals surface area contributed by atoms with Gasteiger partial charge in [-0.2, -0.15) is 4.31 Å². The molecule has 1 atom stereocenters. The number of anilines is 1. The Bertz CT molecular complexity index is 865. The van der Waals surface area contributed by atoms with Crippen molar-refractivity contribution < 1.29 is 32.3 Å². The first-order valence-corrected chi connectivity index (χ1v) is 10.8. The van der Waals surface area contributed by atoms with E-state index in [9.17, 15) is 22.8 Å². The lowest BCUT2D eigenvalue weighted by Gasteiger charge is -2.26. The van der Waals surface area contributed by atoms with E-state index in [0.29, 0.717) is 18.9 Å². The standard InChI is InChI=1S/C18H26N4O7S/c1-12(2)16(21-18(19)25)17(24)29-11-15(23)20-13-3-5-14(6-4-13)30(26,27)22-7-9-28-10-8-22/h3-6,12,16H,7-11H2,1-2H3,(H,20,23)(H3,19,21,25)/t16-/m0/s1. The third-order valence-corrected chi connectivity index (χ3v) is 6.22. The third-order valence-electron chi connectivity index (χ3n) is 4.31. The zero-order valence-corrected chi connectivity index (χ0v) is 17.6. The average molecular weight is 442 g/mol. The smallest absolute Gasteiger partial charge is 0.329 e.